The molecule has 0 radical (unpaired) electrons. The van der Waals surface area contributed by atoms with Gasteiger partial charge in [0.05, 0.1) is 11.5 Å². The molecule has 1 saturated carbocycles. The number of para-hydroxylation sites is 1. The van der Waals surface area contributed by atoms with E-state index in [1.807, 2.05) is 38.1 Å². The lowest BCUT2D eigenvalue weighted by Gasteiger charge is -2.29. The van der Waals surface area contributed by atoms with Crippen LogP contribution in [-0.2, 0) is 19.7 Å². The molecule has 1 unspecified atom stereocenters. The molecule has 5 rings (SSSR count). The van der Waals surface area contributed by atoms with Gasteiger partial charge < -0.3 is 19.5 Å². The summed E-state index contributed by atoms with van der Waals surface area (Å²) >= 11 is 0. The number of fused-ring (bicyclic) bond motifs is 2. The Morgan fingerprint density at radius 1 is 1.22 bits per heavy atom. The van der Waals surface area contributed by atoms with Gasteiger partial charge in [0, 0.05) is 24.8 Å². The second kappa shape index (κ2) is 9.39. The first-order valence-corrected chi connectivity index (χ1v) is 12.5. The third kappa shape index (κ3) is 4.46. The summed E-state index contributed by atoms with van der Waals surface area (Å²) in [5.74, 6) is -0.596. The second-order valence-electron chi connectivity index (χ2n) is 10.4. The molecule has 192 valence electrons. The quantitative estimate of drug-likeness (QED) is 0.622. The summed E-state index contributed by atoms with van der Waals surface area (Å²) in [5, 5.41) is 15.3. The molecule has 3 heterocycles. The number of likely N-dealkylation sites (tertiary alicyclic amines) is 1. The van der Waals surface area contributed by atoms with E-state index >= 15 is 0 Å². The van der Waals surface area contributed by atoms with Gasteiger partial charge in [-0.2, -0.15) is 5.26 Å². The van der Waals surface area contributed by atoms with Gasteiger partial charge in [-0.15, -0.1) is 0 Å². The van der Waals surface area contributed by atoms with Gasteiger partial charge in [0.15, 0.2) is 0 Å². The van der Waals surface area contributed by atoms with Crippen LogP contribution < -0.4 is 16.2 Å². The van der Waals surface area contributed by atoms with Crippen LogP contribution in [0.3, 0.4) is 0 Å². The first-order valence-electron chi connectivity index (χ1n) is 12.5. The van der Waals surface area contributed by atoms with Crippen LogP contribution in [0.4, 0.5) is 16.2 Å². The lowest BCUT2D eigenvalue weighted by atomic mass is 9.80. The van der Waals surface area contributed by atoms with Crippen molar-refractivity contribution in [3.05, 3.63) is 58.5 Å². The fourth-order valence-electron chi connectivity index (χ4n) is 5.28. The van der Waals surface area contributed by atoms with Crippen LogP contribution in [0.1, 0.15) is 51.1 Å². The van der Waals surface area contributed by atoms with Crippen molar-refractivity contribution in [2.75, 3.05) is 17.2 Å². The highest BCUT2D eigenvalue weighted by Crippen LogP contribution is 2.46. The van der Waals surface area contributed by atoms with Crippen molar-refractivity contribution in [2.24, 2.45) is 5.92 Å². The van der Waals surface area contributed by atoms with Crippen LogP contribution in [0.5, 0.6) is 0 Å². The lowest BCUT2D eigenvalue weighted by Crippen LogP contribution is -2.45. The van der Waals surface area contributed by atoms with Crippen LogP contribution in [0.2, 0.25) is 0 Å². The molecule has 10 heteroatoms. The molecule has 10 nitrogen and oxygen atoms in total. The van der Waals surface area contributed by atoms with Crippen molar-refractivity contribution in [1.82, 2.24) is 9.47 Å². The Balaban J connectivity index is 1.46. The zero-order valence-corrected chi connectivity index (χ0v) is 20.8. The third-order valence-corrected chi connectivity index (χ3v) is 7.24. The number of benzene rings is 1. The zero-order valence-electron chi connectivity index (χ0n) is 20.8. The number of nitrogens with zero attached hydrogens (tertiary/aromatic N) is 3. The Morgan fingerprint density at radius 3 is 2.68 bits per heavy atom. The number of ether oxygens (including phenoxy) is 1. The van der Waals surface area contributed by atoms with Gasteiger partial charge in [-0.3, -0.25) is 19.7 Å². The van der Waals surface area contributed by atoms with Crippen molar-refractivity contribution in [3.8, 4) is 6.07 Å². The molecule has 3 atom stereocenters. The predicted molar refractivity (Wildman–Crippen MR) is 135 cm³/mol. The van der Waals surface area contributed by atoms with Gasteiger partial charge in [-0.25, -0.2) is 4.79 Å². The summed E-state index contributed by atoms with van der Waals surface area (Å²) in [6.45, 7) is 3.92. The molecular formula is C27H29N5O5. The Kier molecular flexibility index (Phi) is 6.23. The van der Waals surface area contributed by atoms with E-state index in [9.17, 15) is 24.4 Å². The summed E-state index contributed by atoms with van der Waals surface area (Å²) in [5.41, 5.74) is -0.0939. The van der Waals surface area contributed by atoms with Crippen LogP contribution in [0.25, 0.3) is 0 Å². The maximum absolute atomic E-state index is 14.0. The number of carbonyl (C=O) groups is 3. The highest BCUT2D eigenvalue weighted by molar-refractivity contribution is 6.07. The number of rotatable bonds is 6. The molecule has 1 aromatic carbocycles. The van der Waals surface area contributed by atoms with Gasteiger partial charge in [-0.1, -0.05) is 32.0 Å². The normalized spacial score (nSPS) is 22.9. The Labute approximate surface area is 214 Å². The Morgan fingerprint density at radius 2 is 1.97 bits per heavy atom. The fourth-order valence-corrected chi connectivity index (χ4v) is 5.28. The van der Waals surface area contributed by atoms with Gasteiger partial charge in [0.2, 0.25) is 11.8 Å². The van der Waals surface area contributed by atoms with E-state index in [1.165, 1.54) is 21.7 Å². The summed E-state index contributed by atoms with van der Waals surface area (Å²) < 4.78 is 6.49. The number of anilines is 2. The van der Waals surface area contributed by atoms with Crippen LogP contribution in [0.15, 0.2) is 47.4 Å². The lowest BCUT2D eigenvalue weighted by molar-refractivity contribution is -0.135. The molecule has 2 N–H and O–H groups in total. The largest absolute Gasteiger partial charge is 0.446 e. The van der Waals surface area contributed by atoms with Crippen molar-refractivity contribution in [1.29, 1.82) is 5.26 Å². The predicted octanol–water partition coefficient (Wildman–Crippen LogP) is 3.16. The summed E-state index contributed by atoms with van der Waals surface area (Å²) in [4.78, 5) is 54.1. The molecule has 1 spiro atoms. The average Bonchev–Trinajstić information content (AvgIpc) is 3.52. The minimum Gasteiger partial charge on any atom is -0.446 e. The number of hydrogen-bond acceptors (Lipinski definition) is 6. The first-order chi connectivity index (χ1) is 17.7. The van der Waals surface area contributed by atoms with Gasteiger partial charge in [0.25, 0.3) is 5.56 Å². The van der Waals surface area contributed by atoms with Crippen molar-refractivity contribution >= 4 is 29.3 Å². The van der Waals surface area contributed by atoms with Gasteiger partial charge in [-0.05, 0) is 48.9 Å². The Hall–Kier alpha value is -4.13. The van der Waals surface area contributed by atoms with Gasteiger partial charge in [0.1, 0.15) is 23.9 Å². The maximum Gasteiger partial charge on any atom is 0.412 e. The molecule has 1 aromatic heterocycles. The van der Waals surface area contributed by atoms with Crippen molar-refractivity contribution in [2.45, 2.75) is 63.1 Å². The topological polar surface area (TPSA) is 134 Å². The molecule has 3 aliphatic rings. The maximum atomic E-state index is 14.0. The molecule has 2 aliphatic heterocycles. The fraction of sp³-hybridized carbons (Fsp3) is 0.444. The minimum atomic E-state index is -1.02. The van der Waals surface area contributed by atoms with Crippen molar-refractivity contribution in [3.63, 3.8) is 0 Å². The number of carbonyl (C=O) groups excluding carboxylic acids is 3. The SMILES string of the molecule is CC(C)CC(C(=O)N1C[C@]2(C[C@H]1C#N)C(=O)Nc1ccccc12)n1cccc(NC(=O)OC2CC2)c1=O. The monoisotopic (exact) mass is 503 g/mol. The van der Waals surface area contributed by atoms with E-state index in [0.29, 0.717) is 12.1 Å². The molecule has 2 aromatic rings. The van der Waals surface area contributed by atoms with E-state index in [4.69, 9.17) is 4.74 Å². The standard InChI is InChI=1S/C27H29N5O5/c1-16(2)12-22(31-11-5-8-21(23(31)33)30-26(36)37-18-9-10-18)24(34)32-15-27(13-17(32)14-28)19-6-3-4-7-20(19)29-25(27)35/h3-8,11,16-18,22H,9-10,12-13,15H2,1-2H3,(H,29,35)(H,30,36)/t17-,22?,27-/m0/s1. The number of hydrogen-bond donors (Lipinski definition) is 2. The van der Waals surface area contributed by atoms with E-state index in [-0.39, 0.29) is 36.6 Å². The smallest absolute Gasteiger partial charge is 0.412 e. The Bertz CT molecular complexity index is 1360. The molecule has 37 heavy (non-hydrogen) atoms. The summed E-state index contributed by atoms with van der Waals surface area (Å²) in [6.07, 6.45) is 2.80. The van der Waals surface area contributed by atoms with Gasteiger partial charge >= 0.3 is 6.09 Å². The molecule has 2 fully saturated rings. The third-order valence-electron chi connectivity index (χ3n) is 7.24. The van der Waals surface area contributed by atoms with Crippen LogP contribution in [-0.4, -0.2) is 46.1 Å². The highest BCUT2D eigenvalue weighted by atomic mass is 16.6. The number of aromatic nitrogens is 1. The molecule has 0 bridgehead atoms. The number of amides is 3. The number of nitriles is 1. The molecule has 1 aliphatic carbocycles. The van der Waals surface area contributed by atoms with E-state index in [2.05, 4.69) is 16.7 Å². The number of nitrogens with one attached hydrogen (secondary N) is 2. The molecule has 1 saturated heterocycles. The summed E-state index contributed by atoms with van der Waals surface area (Å²) in [6, 6.07) is 10.8. The van der Waals surface area contributed by atoms with E-state index < -0.39 is 35.1 Å². The summed E-state index contributed by atoms with van der Waals surface area (Å²) in [7, 11) is 0. The first kappa shape index (κ1) is 24.6. The average molecular weight is 504 g/mol. The van der Waals surface area contributed by atoms with E-state index in [1.54, 1.807) is 6.07 Å². The van der Waals surface area contributed by atoms with E-state index in [0.717, 1.165) is 18.4 Å². The number of pyridine rings is 1. The van der Waals surface area contributed by atoms with Crippen molar-refractivity contribution < 1.29 is 19.1 Å². The second-order valence-corrected chi connectivity index (χ2v) is 10.4. The molecular weight excluding hydrogens is 474 g/mol. The zero-order chi connectivity index (χ0) is 26.3. The molecule has 3 amide bonds. The highest BCUT2D eigenvalue weighted by Gasteiger charge is 2.56. The van der Waals surface area contributed by atoms with Crippen LogP contribution >= 0.6 is 0 Å². The minimum absolute atomic E-state index is 0.00790. The van der Waals surface area contributed by atoms with Crippen LogP contribution in [0, 0.1) is 17.2 Å².